The zero-order valence-electron chi connectivity index (χ0n) is 11.8. The van der Waals surface area contributed by atoms with E-state index in [4.69, 9.17) is 0 Å². The molecule has 0 bridgehead atoms. The standard InChI is InChI=1S/C17H17FO2S/c1-13(15-8-10-16(18)11-9-15)12-14(2)21(19,20)17-6-4-3-5-7-17/h3-11,13H,2,12H2,1H3. The van der Waals surface area contributed by atoms with E-state index in [-0.39, 0.29) is 21.5 Å². The van der Waals surface area contributed by atoms with Crippen LogP contribution in [0.4, 0.5) is 4.39 Å². The molecule has 4 heteroatoms. The van der Waals surface area contributed by atoms with Gasteiger partial charge in [-0.15, -0.1) is 0 Å². The molecule has 1 atom stereocenters. The van der Waals surface area contributed by atoms with E-state index in [9.17, 15) is 12.8 Å². The van der Waals surface area contributed by atoms with Gasteiger partial charge in [-0.05, 0) is 42.2 Å². The average molecular weight is 304 g/mol. The molecule has 0 fully saturated rings. The summed E-state index contributed by atoms with van der Waals surface area (Å²) in [6, 6.07) is 14.3. The van der Waals surface area contributed by atoms with Crippen LogP contribution in [-0.4, -0.2) is 8.42 Å². The Morgan fingerprint density at radius 3 is 2.24 bits per heavy atom. The van der Waals surface area contributed by atoms with Crippen LogP contribution < -0.4 is 0 Å². The molecular formula is C17H17FO2S. The van der Waals surface area contributed by atoms with Gasteiger partial charge in [0.1, 0.15) is 5.82 Å². The van der Waals surface area contributed by atoms with Gasteiger partial charge in [-0.2, -0.15) is 0 Å². The smallest absolute Gasteiger partial charge is 0.202 e. The third kappa shape index (κ3) is 3.58. The van der Waals surface area contributed by atoms with Crippen LogP contribution in [0.25, 0.3) is 0 Å². The Labute approximate surface area is 124 Å². The first-order valence-corrected chi connectivity index (χ1v) is 8.13. The minimum atomic E-state index is -3.52. The molecule has 0 saturated heterocycles. The first-order valence-electron chi connectivity index (χ1n) is 6.64. The lowest BCUT2D eigenvalue weighted by molar-refractivity contribution is 0.597. The maximum atomic E-state index is 12.9. The Balaban J connectivity index is 2.16. The molecule has 0 amide bonds. The lowest BCUT2D eigenvalue weighted by Gasteiger charge is -2.14. The fourth-order valence-corrected chi connectivity index (χ4v) is 3.44. The molecule has 2 nitrogen and oxygen atoms in total. The summed E-state index contributed by atoms with van der Waals surface area (Å²) >= 11 is 0. The monoisotopic (exact) mass is 304 g/mol. The van der Waals surface area contributed by atoms with Crippen LogP contribution in [-0.2, 0) is 9.84 Å². The van der Waals surface area contributed by atoms with Gasteiger partial charge in [0.25, 0.3) is 0 Å². The van der Waals surface area contributed by atoms with Crippen LogP contribution in [0.2, 0.25) is 0 Å². The molecule has 0 aliphatic carbocycles. The predicted molar refractivity (Wildman–Crippen MR) is 82.2 cm³/mol. The van der Waals surface area contributed by atoms with Crippen molar-refractivity contribution in [1.29, 1.82) is 0 Å². The maximum absolute atomic E-state index is 12.9. The van der Waals surface area contributed by atoms with Gasteiger partial charge < -0.3 is 0 Å². The SMILES string of the molecule is C=C(CC(C)c1ccc(F)cc1)S(=O)(=O)c1ccccc1. The number of allylic oxidation sites excluding steroid dienone is 1. The molecule has 110 valence electrons. The lowest BCUT2D eigenvalue weighted by atomic mass is 9.98. The normalized spacial score (nSPS) is 12.9. The third-order valence-electron chi connectivity index (χ3n) is 3.41. The Bertz CT molecular complexity index is 719. The van der Waals surface area contributed by atoms with Crippen molar-refractivity contribution in [1.82, 2.24) is 0 Å². The van der Waals surface area contributed by atoms with Crippen LogP contribution in [0.3, 0.4) is 0 Å². The van der Waals surface area contributed by atoms with Crippen molar-refractivity contribution in [2.24, 2.45) is 0 Å². The Morgan fingerprint density at radius 2 is 1.67 bits per heavy atom. The van der Waals surface area contributed by atoms with Crippen LogP contribution in [0.15, 0.2) is 71.0 Å². The highest BCUT2D eigenvalue weighted by Crippen LogP contribution is 2.28. The molecule has 0 saturated carbocycles. The van der Waals surface area contributed by atoms with E-state index in [2.05, 4.69) is 6.58 Å². The molecule has 0 spiro atoms. The highest BCUT2D eigenvalue weighted by atomic mass is 32.2. The molecule has 0 aliphatic heterocycles. The van der Waals surface area contributed by atoms with Crippen molar-refractivity contribution in [2.75, 3.05) is 0 Å². The molecule has 1 unspecified atom stereocenters. The molecule has 2 aromatic rings. The second-order valence-electron chi connectivity index (χ2n) is 5.01. The third-order valence-corrected chi connectivity index (χ3v) is 5.23. The van der Waals surface area contributed by atoms with E-state index >= 15 is 0 Å². The van der Waals surface area contributed by atoms with E-state index < -0.39 is 9.84 Å². The first-order chi connectivity index (χ1) is 9.91. The molecule has 0 radical (unpaired) electrons. The van der Waals surface area contributed by atoms with Gasteiger partial charge in [-0.1, -0.05) is 43.8 Å². The van der Waals surface area contributed by atoms with Crippen molar-refractivity contribution in [3.63, 3.8) is 0 Å². The molecule has 0 aromatic heterocycles. The van der Waals surface area contributed by atoms with Crippen molar-refractivity contribution in [3.05, 3.63) is 77.5 Å². The topological polar surface area (TPSA) is 34.1 Å². The fraction of sp³-hybridized carbons (Fsp3) is 0.176. The van der Waals surface area contributed by atoms with Gasteiger partial charge in [-0.3, -0.25) is 0 Å². The number of rotatable bonds is 5. The fourth-order valence-electron chi connectivity index (χ4n) is 2.13. The zero-order chi connectivity index (χ0) is 15.5. The molecule has 0 aliphatic rings. The van der Waals surface area contributed by atoms with Crippen LogP contribution in [0.1, 0.15) is 24.8 Å². The van der Waals surface area contributed by atoms with Crippen molar-refractivity contribution in [2.45, 2.75) is 24.2 Å². The number of sulfone groups is 1. The molecule has 21 heavy (non-hydrogen) atoms. The van der Waals surface area contributed by atoms with Crippen LogP contribution in [0, 0.1) is 5.82 Å². The summed E-state index contributed by atoms with van der Waals surface area (Å²) in [6.07, 6.45) is 0.308. The van der Waals surface area contributed by atoms with Gasteiger partial charge >= 0.3 is 0 Å². The summed E-state index contributed by atoms with van der Waals surface area (Å²) in [4.78, 5) is 0.423. The predicted octanol–water partition coefficient (Wildman–Crippen LogP) is 4.31. The number of halogens is 1. The summed E-state index contributed by atoms with van der Waals surface area (Å²) < 4.78 is 37.7. The summed E-state index contributed by atoms with van der Waals surface area (Å²) in [5.41, 5.74) is 0.890. The molecule has 2 aromatic carbocycles. The number of benzene rings is 2. The van der Waals surface area contributed by atoms with Gasteiger partial charge in [0.15, 0.2) is 0 Å². The molecule has 0 N–H and O–H groups in total. The maximum Gasteiger partial charge on any atom is 0.202 e. The molecule has 0 heterocycles. The van der Waals surface area contributed by atoms with Crippen molar-refractivity contribution >= 4 is 9.84 Å². The van der Waals surface area contributed by atoms with Crippen molar-refractivity contribution in [3.8, 4) is 0 Å². The van der Waals surface area contributed by atoms with E-state index in [0.717, 1.165) is 5.56 Å². The zero-order valence-corrected chi connectivity index (χ0v) is 12.6. The van der Waals surface area contributed by atoms with Gasteiger partial charge in [0.2, 0.25) is 9.84 Å². The Hall–Kier alpha value is -1.94. The van der Waals surface area contributed by atoms with E-state index in [0.29, 0.717) is 6.42 Å². The highest BCUT2D eigenvalue weighted by Gasteiger charge is 2.20. The highest BCUT2D eigenvalue weighted by molar-refractivity contribution is 7.95. The van der Waals surface area contributed by atoms with Crippen molar-refractivity contribution < 1.29 is 12.8 Å². The van der Waals surface area contributed by atoms with Gasteiger partial charge in [0, 0.05) is 4.91 Å². The second kappa shape index (κ2) is 6.22. The molecular weight excluding hydrogens is 287 g/mol. The second-order valence-corrected chi connectivity index (χ2v) is 7.07. The first kappa shape index (κ1) is 15.4. The lowest BCUT2D eigenvalue weighted by Crippen LogP contribution is -2.07. The number of hydrogen-bond donors (Lipinski definition) is 0. The van der Waals surface area contributed by atoms with Crippen LogP contribution in [0.5, 0.6) is 0 Å². The minimum Gasteiger partial charge on any atom is -0.219 e. The minimum absolute atomic E-state index is 0.0448. The van der Waals surface area contributed by atoms with E-state index in [1.165, 1.54) is 12.1 Å². The van der Waals surface area contributed by atoms with Gasteiger partial charge in [-0.25, -0.2) is 12.8 Å². The van der Waals surface area contributed by atoms with Gasteiger partial charge in [0.05, 0.1) is 4.90 Å². The largest absolute Gasteiger partial charge is 0.219 e. The van der Waals surface area contributed by atoms with E-state index in [1.807, 2.05) is 6.92 Å². The Morgan fingerprint density at radius 1 is 1.10 bits per heavy atom. The average Bonchev–Trinajstić information content (AvgIpc) is 2.48. The summed E-state index contributed by atoms with van der Waals surface area (Å²) in [7, 11) is -3.52. The summed E-state index contributed by atoms with van der Waals surface area (Å²) in [5, 5.41) is 0. The summed E-state index contributed by atoms with van der Waals surface area (Å²) in [6.45, 7) is 5.63. The van der Waals surface area contributed by atoms with E-state index in [1.54, 1.807) is 42.5 Å². The quantitative estimate of drug-likeness (QED) is 0.825. The Kier molecular flexibility index (Phi) is 4.58. The summed E-state index contributed by atoms with van der Waals surface area (Å²) in [5.74, 6) is -0.349. The number of hydrogen-bond acceptors (Lipinski definition) is 2. The molecule has 2 rings (SSSR count). The van der Waals surface area contributed by atoms with Crippen LogP contribution >= 0.6 is 0 Å².